The molecule has 2 aliphatic heterocycles. The van der Waals surface area contributed by atoms with E-state index in [4.69, 9.17) is 5.10 Å². The van der Waals surface area contributed by atoms with Crippen molar-refractivity contribution in [3.63, 3.8) is 0 Å². The van der Waals surface area contributed by atoms with Crippen LogP contribution in [0.2, 0.25) is 0 Å². The van der Waals surface area contributed by atoms with Gasteiger partial charge in [0.05, 0.1) is 34.6 Å². The van der Waals surface area contributed by atoms with Crippen molar-refractivity contribution in [2.24, 2.45) is 0 Å². The van der Waals surface area contributed by atoms with E-state index < -0.39 is 9.84 Å². The smallest absolute Gasteiger partial charge is 0.152 e. The quantitative estimate of drug-likeness (QED) is 0.725. The normalized spacial score (nSPS) is 22.3. The number of hydrogen-bond donors (Lipinski definition) is 0. The summed E-state index contributed by atoms with van der Waals surface area (Å²) in [5.74, 6) is 0.511. The second-order valence-corrected chi connectivity index (χ2v) is 10.7. The molecule has 1 unspecified atom stereocenters. The molecule has 2 saturated heterocycles. The van der Waals surface area contributed by atoms with E-state index in [0.29, 0.717) is 6.42 Å². The number of anilines is 1. The van der Waals surface area contributed by atoms with Crippen LogP contribution in [0.5, 0.6) is 0 Å². The van der Waals surface area contributed by atoms with Crippen LogP contribution < -0.4 is 4.90 Å². The van der Waals surface area contributed by atoms with E-state index in [1.54, 1.807) is 0 Å². The largest absolute Gasteiger partial charge is 0.366 e. The molecule has 1 aromatic heterocycles. The Hall–Kier alpha value is -1.86. The molecule has 2 fully saturated rings. The van der Waals surface area contributed by atoms with Gasteiger partial charge in [0.25, 0.3) is 0 Å². The number of piperazine rings is 1. The van der Waals surface area contributed by atoms with Gasteiger partial charge in [-0.25, -0.2) is 8.42 Å². The molecule has 1 aromatic carbocycles. The van der Waals surface area contributed by atoms with Crippen LogP contribution in [-0.2, 0) is 16.3 Å². The van der Waals surface area contributed by atoms with Gasteiger partial charge in [-0.2, -0.15) is 5.10 Å². The highest BCUT2D eigenvalue weighted by molar-refractivity contribution is 7.91. The van der Waals surface area contributed by atoms with Crippen LogP contribution in [-0.4, -0.2) is 67.3 Å². The minimum absolute atomic E-state index is 0.00766. The van der Waals surface area contributed by atoms with Crippen molar-refractivity contribution in [2.45, 2.75) is 39.2 Å². The first-order valence-electron chi connectivity index (χ1n) is 10.7. The van der Waals surface area contributed by atoms with Gasteiger partial charge in [-0.15, -0.1) is 0 Å². The lowest BCUT2D eigenvalue weighted by atomic mass is 10.1. The van der Waals surface area contributed by atoms with Gasteiger partial charge in [-0.3, -0.25) is 9.58 Å². The molecule has 0 spiro atoms. The van der Waals surface area contributed by atoms with Crippen LogP contribution in [0, 0.1) is 13.8 Å². The molecule has 3 heterocycles. The zero-order valence-electron chi connectivity index (χ0n) is 17.5. The molecule has 0 N–H and O–H groups in total. The highest BCUT2D eigenvalue weighted by Gasteiger charge is 2.32. The fourth-order valence-electron chi connectivity index (χ4n) is 4.78. The summed E-state index contributed by atoms with van der Waals surface area (Å²) in [7, 11) is -2.91. The molecule has 2 aliphatic rings. The predicted octanol–water partition coefficient (Wildman–Crippen LogP) is 2.61. The highest BCUT2D eigenvalue weighted by atomic mass is 32.2. The molecule has 2 aromatic rings. The van der Waals surface area contributed by atoms with Crippen molar-refractivity contribution < 1.29 is 8.42 Å². The van der Waals surface area contributed by atoms with Gasteiger partial charge in [0, 0.05) is 26.2 Å². The molecule has 0 aliphatic carbocycles. The summed E-state index contributed by atoms with van der Waals surface area (Å²) >= 11 is 0. The molecular weight excluding hydrogens is 384 g/mol. The van der Waals surface area contributed by atoms with Crippen molar-refractivity contribution in [1.29, 1.82) is 0 Å². The minimum atomic E-state index is -2.91. The topological polar surface area (TPSA) is 58.4 Å². The maximum atomic E-state index is 11.9. The van der Waals surface area contributed by atoms with Gasteiger partial charge < -0.3 is 4.90 Å². The number of hydrogen-bond acceptors (Lipinski definition) is 5. The van der Waals surface area contributed by atoms with E-state index in [1.165, 1.54) is 17.7 Å². The van der Waals surface area contributed by atoms with Crippen LogP contribution in [0.1, 0.15) is 35.8 Å². The maximum Gasteiger partial charge on any atom is 0.152 e. The number of aromatic nitrogens is 2. The Morgan fingerprint density at radius 3 is 2.45 bits per heavy atom. The van der Waals surface area contributed by atoms with Crippen LogP contribution in [0.15, 0.2) is 30.3 Å². The zero-order valence-corrected chi connectivity index (χ0v) is 18.4. The lowest BCUT2D eigenvalue weighted by Crippen LogP contribution is -2.47. The predicted molar refractivity (Wildman–Crippen MR) is 117 cm³/mol. The summed E-state index contributed by atoms with van der Waals surface area (Å²) in [5, 5.41) is 4.73. The first kappa shape index (κ1) is 20.4. The Kier molecular flexibility index (Phi) is 5.97. The second-order valence-electron chi connectivity index (χ2n) is 8.44. The lowest BCUT2D eigenvalue weighted by Gasteiger charge is -2.36. The monoisotopic (exact) mass is 416 g/mol. The summed E-state index contributed by atoms with van der Waals surface area (Å²) in [6.45, 7) is 9.41. The number of benzene rings is 1. The van der Waals surface area contributed by atoms with Crippen LogP contribution in [0.3, 0.4) is 0 Å². The lowest BCUT2D eigenvalue weighted by molar-refractivity contribution is 0.255. The Labute approximate surface area is 174 Å². The Bertz CT molecular complexity index is 931. The third kappa shape index (κ3) is 4.67. The molecule has 1 atom stereocenters. The van der Waals surface area contributed by atoms with E-state index in [9.17, 15) is 8.42 Å². The van der Waals surface area contributed by atoms with Crippen molar-refractivity contribution in [2.75, 3.05) is 49.1 Å². The van der Waals surface area contributed by atoms with Gasteiger partial charge in [-0.05, 0) is 45.2 Å². The van der Waals surface area contributed by atoms with E-state index in [1.807, 2.05) is 4.68 Å². The van der Waals surface area contributed by atoms with Gasteiger partial charge in [-0.1, -0.05) is 30.3 Å². The molecule has 0 amide bonds. The second kappa shape index (κ2) is 8.48. The summed E-state index contributed by atoms with van der Waals surface area (Å²) < 4.78 is 25.7. The third-order valence-electron chi connectivity index (χ3n) is 6.31. The van der Waals surface area contributed by atoms with Crippen molar-refractivity contribution in [3.8, 4) is 0 Å². The summed E-state index contributed by atoms with van der Waals surface area (Å²) in [6.07, 6.45) is 3.01. The van der Waals surface area contributed by atoms with E-state index in [2.05, 4.69) is 54.0 Å². The molecule has 7 heteroatoms. The van der Waals surface area contributed by atoms with Crippen LogP contribution in [0.4, 0.5) is 5.69 Å². The fourth-order valence-corrected chi connectivity index (χ4v) is 6.47. The molecule has 0 bridgehead atoms. The van der Waals surface area contributed by atoms with Gasteiger partial charge in [0.1, 0.15) is 0 Å². The van der Waals surface area contributed by atoms with Crippen LogP contribution in [0.25, 0.3) is 0 Å². The average Bonchev–Trinajstić information content (AvgIpc) is 3.21. The Morgan fingerprint density at radius 2 is 1.79 bits per heavy atom. The first-order valence-corrected chi connectivity index (χ1v) is 12.5. The number of sulfone groups is 1. The van der Waals surface area contributed by atoms with E-state index in [0.717, 1.165) is 50.5 Å². The molecule has 4 rings (SSSR count). The summed E-state index contributed by atoms with van der Waals surface area (Å²) in [5.41, 5.74) is 4.75. The molecule has 158 valence electrons. The van der Waals surface area contributed by atoms with Gasteiger partial charge in [0.15, 0.2) is 9.84 Å². The fraction of sp³-hybridized carbons (Fsp3) is 0.591. The molecule has 0 saturated carbocycles. The standard InChI is InChI=1S/C22H32N4O2S/c1-18-22(19(2)26(23-18)21-10-16-29(27,28)17-21)25-14-12-24(13-15-25)11-6-9-20-7-4-3-5-8-20/h3-5,7-8,21H,6,9-17H2,1-2H3. The Morgan fingerprint density at radius 1 is 1.07 bits per heavy atom. The third-order valence-corrected chi connectivity index (χ3v) is 8.06. The summed E-state index contributed by atoms with van der Waals surface area (Å²) in [6, 6.07) is 10.7. The zero-order chi connectivity index (χ0) is 20.4. The minimum Gasteiger partial charge on any atom is -0.366 e. The van der Waals surface area contributed by atoms with Crippen molar-refractivity contribution in [1.82, 2.24) is 14.7 Å². The van der Waals surface area contributed by atoms with Crippen LogP contribution >= 0.6 is 0 Å². The van der Waals surface area contributed by atoms with Crippen molar-refractivity contribution in [3.05, 3.63) is 47.3 Å². The molecule has 6 nitrogen and oxygen atoms in total. The van der Waals surface area contributed by atoms with E-state index >= 15 is 0 Å². The molecular formula is C22H32N4O2S. The number of rotatable bonds is 6. The van der Waals surface area contributed by atoms with Gasteiger partial charge >= 0.3 is 0 Å². The maximum absolute atomic E-state index is 11.9. The number of aryl methyl sites for hydroxylation is 2. The summed E-state index contributed by atoms with van der Waals surface area (Å²) in [4.78, 5) is 4.99. The van der Waals surface area contributed by atoms with Crippen molar-refractivity contribution >= 4 is 15.5 Å². The number of nitrogens with zero attached hydrogens (tertiary/aromatic N) is 4. The van der Waals surface area contributed by atoms with E-state index in [-0.39, 0.29) is 17.5 Å². The molecule has 29 heavy (non-hydrogen) atoms. The molecule has 0 radical (unpaired) electrons. The average molecular weight is 417 g/mol. The van der Waals surface area contributed by atoms with Gasteiger partial charge in [0.2, 0.25) is 0 Å². The SMILES string of the molecule is Cc1nn(C2CCS(=O)(=O)C2)c(C)c1N1CCN(CCCc2ccccc2)CC1. The first-order chi connectivity index (χ1) is 13.9. The highest BCUT2D eigenvalue weighted by Crippen LogP contribution is 2.31. The Balaban J connectivity index is 1.33.